The lowest BCUT2D eigenvalue weighted by Gasteiger charge is -2.34. The number of fused-ring (bicyclic) bond motifs is 1. The molecule has 2 atom stereocenters. The molecule has 0 N–H and O–H groups in total. The first-order valence-corrected chi connectivity index (χ1v) is 11.6. The Kier molecular flexibility index (Phi) is 7.13. The Labute approximate surface area is 188 Å². The van der Waals surface area contributed by atoms with Crippen LogP contribution in [0.5, 0.6) is 5.75 Å². The molecular weight excluding hydrogens is 418 g/mol. The number of nitrogens with zero attached hydrogens (tertiary/aromatic N) is 3. The Morgan fingerprint density at radius 1 is 0.935 bits per heavy atom. The van der Waals surface area contributed by atoms with E-state index in [-0.39, 0.29) is 42.5 Å². The van der Waals surface area contributed by atoms with Gasteiger partial charge in [-0.05, 0) is 37.1 Å². The van der Waals surface area contributed by atoms with Gasteiger partial charge in [0.1, 0.15) is 12.4 Å². The van der Waals surface area contributed by atoms with Gasteiger partial charge in [-0.25, -0.2) is 0 Å². The van der Waals surface area contributed by atoms with Gasteiger partial charge in [0.05, 0.1) is 11.8 Å². The van der Waals surface area contributed by atoms with Gasteiger partial charge in [0, 0.05) is 50.7 Å². The summed E-state index contributed by atoms with van der Waals surface area (Å²) >= 11 is 5.88. The molecule has 0 aromatic heterocycles. The van der Waals surface area contributed by atoms with Crippen molar-refractivity contribution in [2.45, 2.75) is 32.1 Å². The highest BCUT2D eigenvalue weighted by Crippen LogP contribution is 2.38. The standard InChI is InChI=1S/C23H30ClN3O4/c24-17-5-7-18(8-6-17)31-16-15-25-11-13-26(14-12-25)21(28)9-10-27-22(29)19-3-1-2-4-20(19)23(27)30/h5-8,19-20H,1-4,9-16H2. The highest BCUT2D eigenvalue weighted by Gasteiger charge is 2.47. The number of hydrogen-bond acceptors (Lipinski definition) is 5. The quantitative estimate of drug-likeness (QED) is 0.600. The van der Waals surface area contributed by atoms with Crippen molar-refractivity contribution in [1.82, 2.24) is 14.7 Å². The van der Waals surface area contributed by atoms with E-state index in [9.17, 15) is 14.4 Å². The van der Waals surface area contributed by atoms with Crippen molar-refractivity contribution in [3.05, 3.63) is 29.3 Å². The number of piperazine rings is 1. The lowest BCUT2D eigenvalue weighted by molar-refractivity contribution is -0.141. The van der Waals surface area contributed by atoms with Crippen LogP contribution in [-0.4, -0.2) is 78.3 Å². The van der Waals surface area contributed by atoms with Crippen LogP contribution in [0.15, 0.2) is 24.3 Å². The third-order valence-electron chi connectivity index (χ3n) is 6.70. The average molecular weight is 448 g/mol. The zero-order chi connectivity index (χ0) is 21.8. The van der Waals surface area contributed by atoms with Crippen molar-refractivity contribution in [2.75, 3.05) is 45.9 Å². The van der Waals surface area contributed by atoms with Gasteiger partial charge in [-0.3, -0.25) is 24.2 Å². The third kappa shape index (κ3) is 5.21. The third-order valence-corrected chi connectivity index (χ3v) is 6.95. The van der Waals surface area contributed by atoms with E-state index in [4.69, 9.17) is 16.3 Å². The molecule has 7 nitrogen and oxygen atoms in total. The van der Waals surface area contributed by atoms with Crippen LogP contribution in [0.3, 0.4) is 0 Å². The molecular formula is C23H30ClN3O4. The van der Waals surface area contributed by atoms with Crippen LogP contribution < -0.4 is 4.74 Å². The van der Waals surface area contributed by atoms with E-state index in [2.05, 4.69) is 4.90 Å². The number of benzene rings is 1. The van der Waals surface area contributed by atoms with E-state index in [0.29, 0.717) is 24.7 Å². The Morgan fingerprint density at radius 3 is 2.16 bits per heavy atom. The molecule has 1 saturated carbocycles. The number of carbonyl (C=O) groups is 3. The summed E-state index contributed by atoms with van der Waals surface area (Å²) in [5.74, 6) is 0.405. The molecule has 2 heterocycles. The van der Waals surface area contributed by atoms with E-state index in [1.54, 1.807) is 12.1 Å². The van der Waals surface area contributed by atoms with Crippen molar-refractivity contribution in [3.8, 4) is 5.75 Å². The second-order valence-corrected chi connectivity index (χ2v) is 9.04. The SMILES string of the molecule is O=C(CCN1C(=O)C2CCCCC2C1=O)N1CCN(CCOc2ccc(Cl)cc2)CC1. The molecule has 3 fully saturated rings. The maximum Gasteiger partial charge on any atom is 0.233 e. The molecule has 4 rings (SSSR count). The van der Waals surface area contributed by atoms with Gasteiger partial charge in [0.15, 0.2) is 0 Å². The lowest BCUT2D eigenvalue weighted by atomic mass is 9.81. The molecule has 0 bridgehead atoms. The van der Waals surface area contributed by atoms with Gasteiger partial charge >= 0.3 is 0 Å². The van der Waals surface area contributed by atoms with Crippen LogP contribution in [0, 0.1) is 11.8 Å². The summed E-state index contributed by atoms with van der Waals surface area (Å²) in [7, 11) is 0. The number of likely N-dealkylation sites (tertiary alicyclic amines) is 1. The molecule has 1 aromatic rings. The summed E-state index contributed by atoms with van der Waals surface area (Å²) in [5, 5.41) is 0.685. The first kappa shape index (κ1) is 22.1. The summed E-state index contributed by atoms with van der Waals surface area (Å²) in [6.45, 7) is 4.50. The number of ether oxygens (including phenoxy) is 1. The molecule has 0 spiro atoms. The van der Waals surface area contributed by atoms with Crippen LogP contribution in [0.25, 0.3) is 0 Å². The van der Waals surface area contributed by atoms with Crippen molar-refractivity contribution < 1.29 is 19.1 Å². The number of imide groups is 1. The van der Waals surface area contributed by atoms with E-state index < -0.39 is 0 Å². The van der Waals surface area contributed by atoms with Crippen molar-refractivity contribution in [2.24, 2.45) is 11.8 Å². The summed E-state index contributed by atoms with van der Waals surface area (Å²) in [6, 6.07) is 7.31. The zero-order valence-electron chi connectivity index (χ0n) is 17.8. The summed E-state index contributed by atoms with van der Waals surface area (Å²) in [6.07, 6.45) is 3.87. The van der Waals surface area contributed by atoms with Crippen LogP contribution >= 0.6 is 11.6 Å². The van der Waals surface area contributed by atoms with Gasteiger partial charge in [-0.1, -0.05) is 24.4 Å². The molecule has 31 heavy (non-hydrogen) atoms. The maximum absolute atomic E-state index is 12.6. The number of carbonyl (C=O) groups excluding carboxylic acids is 3. The van der Waals surface area contributed by atoms with Crippen LogP contribution in [0.1, 0.15) is 32.1 Å². The molecule has 2 aliphatic heterocycles. The molecule has 2 saturated heterocycles. The fraction of sp³-hybridized carbons (Fsp3) is 0.609. The fourth-order valence-electron chi connectivity index (χ4n) is 4.86. The monoisotopic (exact) mass is 447 g/mol. The van der Waals surface area contributed by atoms with Crippen molar-refractivity contribution >= 4 is 29.3 Å². The molecule has 0 radical (unpaired) electrons. The van der Waals surface area contributed by atoms with Crippen LogP contribution in [0.2, 0.25) is 5.02 Å². The number of halogens is 1. The average Bonchev–Trinajstić information content (AvgIpc) is 3.04. The minimum absolute atomic E-state index is 0.0209. The Morgan fingerprint density at radius 2 is 1.55 bits per heavy atom. The molecule has 8 heteroatoms. The normalized spacial score (nSPS) is 24.4. The number of amides is 3. The van der Waals surface area contributed by atoms with Gasteiger partial charge < -0.3 is 9.64 Å². The first-order valence-electron chi connectivity index (χ1n) is 11.3. The van der Waals surface area contributed by atoms with E-state index in [1.807, 2.05) is 17.0 Å². The lowest BCUT2D eigenvalue weighted by Crippen LogP contribution is -2.50. The van der Waals surface area contributed by atoms with Gasteiger partial charge in [-0.15, -0.1) is 0 Å². The fourth-order valence-corrected chi connectivity index (χ4v) is 4.99. The second kappa shape index (κ2) is 10.0. The van der Waals surface area contributed by atoms with Gasteiger partial charge in [0.2, 0.25) is 17.7 Å². The van der Waals surface area contributed by atoms with Crippen molar-refractivity contribution in [1.29, 1.82) is 0 Å². The summed E-state index contributed by atoms with van der Waals surface area (Å²) < 4.78 is 5.74. The van der Waals surface area contributed by atoms with E-state index in [1.165, 1.54) is 4.90 Å². The second-order valence-electron chi connectivity index (χ2n) is 8.60. The maximum atomic E-state index is 12.6. The molecule has 2 unspecified atom stereocenters. The molecule has 3 amide bonds. The summed E-state index contributed by atoms with van der Waals surface area (Å²) in [5.41, 5.74) is 0. The van der Waals surface area contributed by atoms with Crippen molar-refractivity contribution in [3.63, 3.8) is 0 Å². The van der Waals surface area contributed by atoms with Crippen LogP contribution in [-0.2, 0) is 14.4 Å². The van der Waals surface area contributed by atoms with Crippen LogP contribution in [0.4, 0.5) is 0 Å². The predicted molar refractivity (Wildman–Crippen MR) is 117 cm³/mol. The zero-order valence-corrected chi connectivity index (χ0v) is 18.6. The largest absolute Gasteiger partial charge is 0.492 e. The Hall–Kier alpha value is -2.12. The highest BCUT2D eigenvalue weighted by molar-refractivity contribution is 6.30. The summed E-state index contributed by atoms with van der Waals surface area (Å²) in [4.78, 5) is 43.2. The molecule has 1 aromatic carbocycles. The van der Waals surface area contributed by atoms with Gasteiger partial charge in [0.25, 0.3) is 0 Å². The molecule has 168 valence electrons. The van der Waals surface area contributed by atoms with E-state index in [0.717, 1.165) is 51.1 Å². The predicted octanol–water partition coefficient (Wildman–Crippen LogP) is 2.43. The topological polar surface area (TPSA) is 70.2 Å². The number of hydrogen-bond donors (Lipinski definition) is 0. The van der Waals surface area contributed by atoms with Gasteiger partial charge in [-0.2, -0.15) is 0 Å². The molecule has 3 aliphatic rings. The first-order chi connectivity index (χ1) is 15.0. The number of rotatable bonds is 7. The Balaban J connectivity index is 1.16. The van der Waals surface area contributed by atoms with E-state index >= 15 is 0 Å². The highest BCUT2D eigenvalue weighted by atomic mass is 35.5. The molecule has 1 aliphatic carbocycles. The minimum Gasteiger partial charge on any atom is -0.492 e. The smallest absolute Gasteiger partial charge is 0.233 e. The Bertz CT molecular complexity index is 784. The minimum atomic E-state index is -0.144.